The van der Waals surface area contributed by atoms with E-state index in [0.29, 0.717) is 24.6 Å². The predicted molar refractivity (Wildman–Crippen MR) is 114 cm³/mol. The maximum atomic E-state index is 11.6. The first kappa shape index (κ1) is 25.2. The number of carbonyl (C=O) groups excluding carboxylic acids is 1. The largest absolute Gasteiger partial charge is 1.00 e. The van der Waals surface area contributed by atoms with Crippen LogP contribution < -0.4 is 74.0 Å². The molecular formula is C22H20ClCsN6O2. The van der Waals surface area contributed by atoms with E-state index in [9.17, 15) is 9.90 Å². The molecule has 8 nitrogen and oxygen atoms in total. The summed E-state index contributed by atoms with van der Waals surface area (Å²) < 4.78 is 1.63. The third-order valence-electron chi connectivity index (χ3n) is 5.07. The molecule has 0 atom stereocenters. The van der Waals surface area contributed by atoms with Crippen molar-refractivity contribution in [2.75, 3.05) is 0 Å². The Morgan fingerprint density at radius 2 is 1.84 bits per heavy atom. The van der Waals surface area contributed by atoms with Crippen LogP contribution in [0.3, 0.4) is 0 Å². The SMILES string of the molecule is CCCCc1nc(Cl)c(C(=O)[O-])n1Cc1ccc(-c2ccccc2-c2nn[nH]n2)cc1.[Cs+]. The minimum absolute atomic E-state index is 0. The van der Waals surface area contributed by atoms with Crippen LogP contribution >= 0.6 is 11.6 Å². The van der Waals surface area contributed by atoms with E-state index in [-0.39, 0.29) is 79.7 Å². The standard InChI is InChI=1S/C22H21ClN6O2.Cs/c1-2-3-8-18-24-20(23)19(22(30)31)29(18)13-14-9-11-15(12-10-14)16-6-4-5-7-17(16)21-25-27-28-26-21;/h4-7,9-12H,2-3,8,13H2,1H3,(H,30,31)(H,25,26,27,28);/q;+1/p-1. The summed E-state index contributed by atoms with van der Waals surface area (Å²) in [5, 5.41) is 25.9. The third kappa shape index (κ3) is 5.53. The zero-order chi connectivity index (χ0) is 21.8. The molecule has 0 bridgehead atoms. The van der Waals surface area contributed by atoms with Crippen LogP contribution in [0.4, 0.5) is 0 Å². The van der Waals surface area contributed by atoms with E-state index in [2.05, 4.69) is 32.5 Å². The fourth-order valence-electron chi connectivity index (χ4n) is 3.54. The molecule has 4 aromatic rings. The molecule has 32 heavy (non-hydrogen) atoms. The van der Waals surface area contributed by atoms with E-state index < -0.39 is 5.97 Å². The Bertz CT molecular complexity index is 1190. The first-order valence-electron chi connectivity index (χ1n) is 9.97. The van der Waals surface area contributed by atoms with Crippen molar-refractivity contribution < 1.29 is 78.8 Å². The number of carbonyl (C=O) groups is 1. The van der Waals surface area contributed by atoms with E-state index in [4.69, 9.17) is 11.6 Å². The van der Waals surface area contributed by atoms with Crippen molar-refractivity contribution in [3.63, 3.8) is 0 Å². The minimum atomic E-state index is -1.33. The van der Waals surface area contributed by atoms with Gasteiger partial charge < -0.3 is 14.5 Å². The first-order valence-corrected chi connectivity index (χ1v) is 10.3. The van der Waals surface area contributed by atoms with Gasteiger partial charge in [-0.05, 0) is 28.3 Å². The van der Waals surface area contributed by atoms with Gasteiger partial charge in [-0.2, -0.15) is 5.21 Å². The van der Waals surface area contributed by atoms with E-state index in [0.717, 1.165) is 35.1 Å². The minimum Gasteiger partial charge on any atom is -0.543 e. The molecule has 0 saturated carbocycles. The third-order valence-corrected chi connectivity index (χ3v) is 5.33. The van der Waals surface area contributed by atoms with Gasteiger partial charge in [0, 0.05) is 18.5 Å². The molecule has 158 valence electrons. The summed E-state index contributed by atoms with van der Waals surface area (Å²) in [5.74, 6) is -0.157. The van der Waals surface area contributed by atoms with Crippen molar-refractivity contribution in [1.29, 1.82) is 0 Å². The van der Waals surface area contributed by atoms with Gasteiger partial charge in [-0.15, -0.1) is 10.2 Å². The van der Waals surface area contributed by atoms with Gasteiger partial charge in [0.15, 0.2) is 5.15 Å². The maximum Gasteiger partial charge on any atom is 1.00 e. The first-order chi connectivity index (χ1) is 15.1. The van der Waals surface area contributed by atoms with E-state index in [1.165, 1.54) is 0 Å². The normalized spacial score (nSPS) is 10.7. The van der Waals surface area contributed by atoms with Crippen LogP contribution in [0.15, 0.2) is 48.5 Å². The van der Waals surface area contributed by atoms with Crippen LogP contribution in [0.5, 0.6) is 0 Å². The number of unbranched alkanes of at least 4 members (excludes halogenated alkanes) is 1. The molecule has 1 N–H and O–H groups in total. The van der Waals surface area contributed by atoms with Gasteiger partial charge >= 0.3 is 68.9 Å². The van der Waals surface area contributed by atoms with Crippen LogP contribution in [-0.2, 0) is 13.0 Å². The van der Waals surface area contributed by atoms with Crippen LogP contribution in [0, 0.1) is 0 Å². The fourth-order valence-corrected chi connectivity index (χ4v) is 3.81. The Labute approximate surface area is 249 Å². The molecular weight excluding hydrogens is 549 g/mol. The molecule has 0 fully saturated rings. The zero-order valence-electron chi connectivity index (χ0n) is 17.9. The van der Waals surface area contributed by atoms with Crippen LogP contribution in [-0.4, -0.2) is 36.1 Å². The molecule has 0 aliphatic rings. The predicted octanol–water partition coefficient (Wildman–Crippen LogP) is 0.142. The number of H-pyrrole nitrogens is 1. The van der Waals surface area contributed by atoms with Crippen molar-refractivity contribution in [2.24, 2.45) is 0 Å². The number of nitrogens with zero attached hydrogens (tertiary/aromatic N) is 5. The molecule has 2 heterocycles. The Kier molecular flexibility index (Phi) is 9.12. The van der Waals surface area contributed by atoms with Crippen LogP contribution in [0.1, 0.15) is 41.6 Å². The molecule has 10 heteroatoms. The number of aromatic nitrogens is 6. The van der Waals surface area contributed by atoms with Gasteiger partial charge in [-0.25, -0.2) is 4.98 Å². The number of imidazole rings is 1. The second-order valence-corrected chi connectivity index (χ2v) is 7.48. The number of aryl methyl sites for hydroxylation is 1. The number of hydrogen-bond acceptors (Lipinski definition) is 6. The molecule has 2 aromatic carbocycles. The van der Waals surface area contributed by atoms with Gasteiger partial charge in [0.05, 0.1) is 5.97 Å². The van der Waals surface area contributed by atoms with Gasteiger partial charge in [0.1, 0.15) is 11.5 Å². The number of aromatic carboxylic acids is 1. The molecule has 0 aliphatic carbocycles. The summed E-state index contributed by atoms with van der Waals surface area (Å²) in [5.41, 5.74) is 3.67. The molecule has 0 unspecified atom stereocenters. The molecule has 0 saturated heterocycles. The fraction of sp³-hybridized carbons (Fsp3) is 0.227. The summed E-state index contributed by atoms with van der Waals surface area (Å²) in [4.78, 5) is 15.9. The number of tetrazole rings is 1. The van der Waals surface area contributed by atoms with Gasteiger partial charge in [0.25, 0.3) is 0 Å². The van der Waals surface area contributed by atoms with E-state index in [1.807, 2.05) is 48.5 Å². The molecule has 0 amide bonds. The van der Waals surface area contributed by atoms with Crippen LogP contribution in [0.2, 0.25) is 5.15 Å². The number of halogens is 1. The van der Waals surface area contributed by atoms with Crippen LogP contribution in [0.25, 0.3) is 22.5 Å². The number of aromatic amines is 1. The smallest absolute Gasteiger partial charge is 0.543 e. The summed E-state index contributed by atoms with van der Waals surface area (Å²) >= 11 is 6.09. The molecule has 0 aliphatic heterocycles. The average Bonchev–Trinajstić information content (AvgIpc) is 3.41. The van der Waals surface area contributed by atoms with E-state index >= 15 is 0 Å². The van der Waals surface area contributed by atoms with Crippen molar-refractivity contribution in [1.82, 2.24) is 30.2 Å². The van der Waals surface area contributed by atoms with Crippen molar-refractivity contribution in [3.8, 4) is 22.5 Å². The summed E-state index contributed by atoms with van der Waals surface area (Å²) in [6, 6.07) is 15.7. The number of benzene rings is 2. The zero-order valence-corrected chi connectivity index (χ0v) is 24.9. The summed E-state index contributed by atoms with van der Waals surface area (Å²) in [7, 11) is 0. The number of carboxylic acid groups (broad SMARTS) is 1. The second-order valence-electron chi connectivity index (χ2n) is 7.12. The Morgan fingerprint density at radius 1 is 1.12 bits per heavy atom. The number of rotatable bonds is 8. The summed E-state index contributed by atoms with van der Waals surface area (Å²) in [6.45, 7) is 2.41. The van der Waals surface area contributed by atoms with Gasteiger partial charge in [-0.1, -0.05) is 73.5 Å². The van der Waals surface area contributed by atoms with Gasteiger partial charge in [0.2, 0.25) is 5.82 Å². The van der Waals surface area contributed by atoms with Crippen molar-refractivity contribution in [2.45, 2.75) is 32.7 Å². The maximum absolute atomic E-state index is 11.6. The molecule has 0 spiro atoms. The summed E-state index contributed by atoms with van der Waals surface area (Å²) in [6.07, 6.45) is 2.52. The van der Waals surface area contributed by atoms with Gasteiger partial charge in [-0.3, -0.25) is 0 Å². The van der Waals surface area contributed by atoms with Crippen molar-refractivity contribution in [3.05, 3.63) is 70.8 Å². The Morgan fingerprint density at radius 3 is 2.47 bits per heavy atom. The number of carboxylic acids is 1. The molecule has 4 rings (SSSR count). The molecule has 2 aromatic heterocycles. The number of nitrogens with one attached hydrogen (secondary N) is 1. The number of hydrogen-bond donors (Lipinski definition) is 1. The monoisotopic (exact) mass is 568 g/mol. The Hall–Kier alpha value is -1.47. The second kappa shape index (κ2) is 11.6. The quantitative estimate of drug-likeness (QED) is 0.324. The molecule has 0 radical (unpaired) electrons. The van der Waals surface area contributed by atoms with E-state index in [1.54, 1.807) is 4.57 Å². The van der Waals surface area contributed by atoms with Crippen molar-refractivity contribution >= 4 is 17.6 Å². The average molecular weight is 569 g/mol. The topological polar surface area (TPSA) is 112 Å². The Balaban J connectivity index is 0.00000289.